The summed E-state index contributed by atoms with van der Waals surface area (Å²) in [6.45, 7) is 2.20. The van der Waals surface area contributed by atoms with Crippen molar-refractivity contribution in [3.05, 3.63) is 0 Å². The maximum absolute atomic E-state index is 10.9. The Labute approximate surface area is 121 Å². The van der Waals surface area contributed by atoms with Crippen LogP contribution in [0.3, 0.4) is 0 Å². The number of aliphatic hydroxyl groups is 3. The summed E-state index contributed by atoms with van der Waals surface area (Å²) in [6.07, 6.45) is 7.58. The quantitative estimate of drug-likeness (QED) is 0.506. The highest BCUT2D eigenvalue weighted by Gasteiger charge is 2.54. The fraction of sp³-hybridized carbons (Fsp3) is 1.00. The van der Waals surface area contributed by atoms with Crippen molar-refractivity contribution < 1.29 is 20.2 Å². The van der Waals surface area contributed by atoms with Gasteiger partial charge in [0.25, 0.3) is 0 Å². The van der Waals surface area contributed by atoms with Crippen molar-refractivity contribution in [2.24, 2.45) is 23.2 Å². The minimum atomic E-state index is -0.260. The molecular weight excluding hydrogens is 254 g/mol. The van der Waals surface area contributed by atoms with E-state index in [0.29, 0.717) is 19.6 Å². The van der Waals surface area contributed by atoms with Gasteiger partial charge in [0.05, 0.1) is 13.2 Å². The van der Waals surface area contributed by atoms with E-state index in [0.717, 1.165) is 22.7 Å². The highest BCUT2D eigenvalue weighted by Crippen LogP contribution is 2.61. The number of aliphatic hydroxyl groups excluding tert-OH is 3. The second-order valence-electron chi connectivity index (χ2n) is 7.70. The van der Waals surface area contributed by atoms with E-state index in [1.807, 2.05) is 0 Å². The molecule has 0 amide bonds. The molecule has 4 saturated carbocycles. The van der Waals surface area contributed by atoms with Crippen LogP contribution in [0.2, 0.25) is 0 Å². The molecule has 4 fully saturated rings. The second-order valence-corrected chi connectivity index (χ2v) is 7.70. The molecule has 116 valence electrons. The Hall–Kier alpha value is -0.160. The van der Waals surface area contributed by atoms with Crippen molar-refractivity contribution in [3.63, 3.8) is 0 Å². The maximum atomic E-state index is 10.9. The average Bonchev–Trinajstić information content (AvgIpc) is 2.37. The van der Waals surface area contributed by atoms with Crippen molar-refractivity contribution in [3.8, 4) is 0 Å². The summed E-state index contributed by atoms with van der Waals surface area (Å²) in [7, 11) is 0. The SMILES string of the molecule is OCC[NH+](CCO)C[C@H](O)C12CC3CC(CC(C3)C1)C2. The molecule has 1 atom stereocenters. The molecule has 4 aliphatic carbocycles. The first-order valence-corrected chi connectivity index (χ1v) is 8.38. The third kappa shape index (κ3) is 2.76. The molecule has 0 radical (unpaired) electrons. The first kappa shape index (κ1) is 14.8. The van der Waals surface area contributed by atoms with Gasteiger partial charge in [-0.15, -0.1) is 0 Å². The van der Waals surface area contributed by atoms with Gasteiger partial charge in [0.2, 0.25) is 0 Å². The molecule has 4 nitrogen and oxygen atoms in total. The van der Waals surface area contributed by atoms with Gasteiger partial charge >= 0.3 is 0 Å². The predicted molar refractivity (Wildman–Crippen MR) is 76.3 cm³/mol. The zero-order valence-electron chi connectivity index (χ0n) is 12.4. The van der Waals surface area contributed by atoms with Gasteiger partial charge < -0.3 is 20.2 Å². The first-order chi connectivity index (χ1) is 9.65. The van der Waals surface area contributed by atoms with Crippen LogP contribution in [0.25, 0.3) is 0 Å². The highest BCUT2D eigenvalue weighted by atomic mass is 16.3. The number of hydrogen-bond donors (Lipinski definition) is 4. The minimum Gasteiger partial charge on any atom is -0.391 e. The summed E-state index contributed by atoms with van der Waals surface area (Å²) in [6, 6.07) is 0. The van der Waals surface area contributed by atoms with Crippen LogP contribution in [0.4, 0.5) is 0 Å². The van der Waals surface area contributed by atoms with E-state index in [9.17, 15) is 5.11 Å². The lowest BCUT2D eigenvalue weighted by Crippen LogP contribution is -3.14. The summed E-state index contributed by atoms with van der Waals surface area (Å²) >= 11 is 0. The normalized spacial score (nSPS) is 40.5. The van der Waals surface area contributed by atoms with Crippen LogP contribution < -0.4 is 4.90 Å². The van der Waals surface area contributed by atoms with E-state index in [-0.39, 0.29) is 24.7 Å². The van der Waals surface area contributed by atoms with Crippen molar-refractivity contribution >= 4 is 0 Å². The fourth-order valence-corrected chi connectivity index (χ4v) is 5.72. The Morgan fingerprint density at radius 2 is 1.35 bits per heavy atom. The molecular formula is C16H30NO3+. The average molecular weight is 284 g/mol. The zero-order chi connectivity index (χ0) is 14.2. The molecule has 0 saturated heterocycles. The van der Waals surface area contributed by atoms with Crippen LogP contribution in [-0.4, -0.2) is 54.3 Å². The summed E-state index contributed by atoms with van der Waals surface area (Å²) in [4.78, 5) is 1.14. The van der Waals surface area contributed by atoms with Gasteiger partial charge in [-0.1, -0.05) is 0 Å². The molecule has 0 aliphatic heterocycles. The van der Waals surface area contributed by atoms with Crippen LogP contribution in [0.5, 0.6) is 0 Å². The van der Waals surface area contributed by atoms with E-state index < -0.39 is 0 Å². The number of quaternary nitrogens is 1. The zero-order valence-corrected chi connectivity index (χ0v) is 12.4. The topological polar surface area (TPSA) is 65.1 Å². The van der Waals surface area contributed by atoms with E-state index in [1.54, 1.807) is 0 Å². The van der Waals surface area contributed by atoms with Crippen molar-refractivity contribution in [1.82, 2.24) is 0 Å². The molecule has 0 aromatic carbocycles. The lowest BCUT2D eigenvalue weighted by atomic mass is 9.48. The van der Waals surface area contributed by atoms with Crippen LogP contribution >= 0.6 is 0 Å². The smallest absolute Gasteiger partial charge is 0.108 e. The Bertz CT molecular complexity index is 292. The second kappa shape index (κ2) is 5.91. The summed E-state index contributed by atoms with van der Waals surface area (Å²) in [5.74, 6) is 2.57. The van der Waals surface area contributed by atoms with Crippen LogP contribution in [-0.2, 0) is 0 Å². The Balaban J connectivity index is 1.65. The standard InChI is InChI=1S/C16H29NO3/c18-3-1-17(2-4-19)11-15(20)16-8-12-5-13(9-16)7-14(6-12)10-16/h12-15,18-20H,1-11H2/p+1/t12?,13?,14?,15-,16?/m0/s1. The van der Waals surface area contributed by atoms with Gasteiger partial charge in [-0.05, 0) is 56.3 Å². The molecule has 0 aromatic rings. The lowest BCUT2D eigenvalue weighted by Gasteiger charge is -2.58. The van der Waals surface area contributed by atoms with Gasteiger partial charge in [-0.3, -0.25) is 0 Å². The molecule has 0 spiro atoms. The van der Waals surface area contributed by atoms with Crippen LogP contribution in [0, 0.1) is 23.2 Å². The Morgan fingerprint density at radius 3 is 1.75 bits per heavy atom. The first-order valence-electron chi connectivity index (χ1n) is 8.38. The van der Waals surface area contributed by atoms with E-state index in [4.69, 9.17) is 10.2 Å². The minimum absolute atomic E-state index is 0.128. The number of nitrogens with one attached hydrogen (secondary N) is 1. The summed E-state index contributed by atoms with van der Waals surface area (Å²) < 4.78 is 0. The van der Waals surface area contributed by atoms with Crippen LogP contribution in [0.1, 0.15) is 38.5 Å². The van der Waals surface area contributed by atoms with Gasteiger partial charge in [-0.2, -0.15) is 0 Å². The molecule has 4 heteroatoms. The number of hydrogen-bond acceptors (Lipinski definition) is 3. The lowest BCUT2D eigenvalue weighted by molar-refractivity contribution is -0.905. The van der Waals surface area contributed by atoms with Crippen molar-refractivity contribution in [2.75, 3.05) is 32.8 Å². The van der Waals surface area contributed by atoms with E-state index in [2.05, 4.69) is 0 Å². The largest absolute Gasteiger partial charge is 0.391 e. The van der Waals surface area contributed by atoms with Gasteiger partial charge in [-0.25, -0.2) is 0 Å². The third-order valence-corrected chi connectivity index (χ3v) is 6.21. The fourth-order valence-electron chi connectivity index (χ4n) is 5.72. The van der Waals surface area contributed by atoms with Crippen molar-refractivity contribution in [2.45, 2.75) is 44.6 Å². The Kier molecular flexibility index (Phi) is 4.37. The molecule has 0 aromatic heterocycles. The Morgan fingerprint density at radius 1 is 0.900 bits per heavy atom. The summed E-state index contributed by atoms with van der Waals surface area (Å²) in [5.41, 5.74) is 0.158. The van der Waals surface area contributed by atoms with Gasteiger partial charge in [0.15, 0.2) is 0 Å². The van der Waals surface area contributed by atoms with E-state index in [1.165, 1.54) is 38.5 Å². The third-order valence-electron chi connectivity index (χ3n) is 6.21. The van der Waals surface area contributed by atoms with E-state index >= 15 is 0 Å². The number of rotatable bonds is 7. The molecule has 4 bridgehead atoms. The molecule has 0 heterocycles. The molecule has 4 N–H and O–H groups in total. The van der Waals surface area contributed by atoms with Crippen LogP contribution in [0.15, 0.2) is 0 Å². The molecule has 0 unspecified atom stereocenters. The molecule has 4 aliphatic rings. The predicted octanol–water partition coefficient (Wildman–Crippen LogP) is -0.567. The van der Waals surface area contributed by atoms with Gasteiger partial charge in [0.1, 0.15) is 25.7 Å². The molecule has 20 heavy (non-hydrogen) atoms. The molecule has 4 rings (SSSR count). The van der Waals surface area contributed by atoms with Gasteiger partial charge in [0, 0.05) is 5.41 Å². The monoisotopic (exact) mass is 284 g/mol. The maximum Gasteiger partial charge on any atom is 0.108 e. The van der Waals surface area contributed by atoms with Crippen molar-refractivity contribution in [1.29, 1.82) is 0 Å². The highest BCUT2D eigenvalue weighted by molar-refractivity contribution is 5.04. The summed E-state index contributed by atoms with van der Waals surface area (Å²) in [5, 5.41) is 29.1.